The Labute approximate surface area is 178 Å². The molecule has 0 saturated carbocycles. The zero-order valence-electron chi connectivity index (χ0n) is 16.7. The Morgan fingerprint density at radius 3 is 2.61 bits per heavy atom. The van der Waals surface area contributed by atoms with Crippen LogP contribution in [0.1, 0.15) is 11.1 Å². The number of benzene rings is 1. The highest BCUT2D eigenvalue weighted by Crippen LogP contribution is 2.27. The lowest BCUT2D eigenvalue weighted by atomic mass is 10.2. The van der Waals surface area contributed by atoms with E-state index >= 15 is 0 Å². The maximum atomic E-state index is 9.04. The van der Waals surface area contributed by atoms with Gasteiger partial charge in [-0.25, -0.2) is 9.97 Å². The van der Waals surface area contributed by atoms with Crippen LogP contribution in [0.4, 0.5) is 5.95 Å². The summed E-state index contributed by atoms with van der Waals surface area (Å²) in [6, 6.07) is 15.5. The van der Waals surface area contributed by atoms with Crippen molar-refractivity contribution in [2.24, 2.45) is 0 Å². The van der Waals surface area contributed by atoms with Crippen molar-refractivity contribution in [3.8, 4) is 17.8 Å². The lowest BCUT2D eigenvalue weighted by Gasteiger charge is -2.27. The molecule has 0 radical (unpaired) electrons. The molecule has 154 valence electrons. The number of ether oxygens (including phenoxy) is 2. The van der Waals surface area contributed by atoms with Crippen molar-refractivity contribution in [1.29, 1.82) is 5.26 Å². The second kappa shape index (κ2) is 8.38. The van der Waals surface area contributed by atoms with Crippen molar-refractivity contribution >= 4 is 17.1 Å². The fourth-order valence-electron chi connectivity index (χ4n) is 3.36. The molecule has 0 spiro atoms. The quantitative estimate of drug-likeness (QED) is 0.492. The fourth-order valence-corrected chi connectivity index (χ4v) is 3.36. The number of fused-ring (bicyclic) bond motifs is 1. The number of nitriles is 1. The van der Waals surface area contributed by atoms with Crippen LogP contribution in [0.5, 0.6) is 5.88 Å². The molecule has 0 unspecified atom stereocenters. The first-order valence-corrected chi connectivity index (χ1v) is 9.93. The largest absolute Gasteiger partial charge is 0.471 e. The minimum absolute atomic E-state index is 0.373. The van der Waals surface area contributed by atoms with E-state index in [9.17, 15) is 0 Å². The van der Waals surface area contributed by atoms with E-state index in [-0.39, 0.29) is 0 Å². The van der Waals surface area contributed by atoms with Crippen molar-refractivity contribution < 1.29 is 9.47 Å². The van der Waals surface area contributed by atoms with Crippen LogP contribution >= 0.6 is 0 Å². The van der Waals surface area contributed by atoms with Crippen molar-refractivity contribution in [2.75, 3.05) is 31.2 Å². The highest BCUT2D eigenvalue weighted by molar-refractivity contribution is 5.79. The molecule has 5 rings (SSSR count). The fraction of sp³-hybridized carbons (Fsp3) is 0.227. The van der Waals surface area contributed by atoms with E-state index in [1.54, 1.807) is 23.0 Å². The van der Waals surface area contributed by atoms with E-state index in [2.05, 4.69) is 25.9 Å². The highest BCUT2D eigenvalue weighted by atomic mass is 16.5. The molecule has 0 aliphatic carbocycles. The van der Waals surface area contributed by atoms with E-state index in [1.807, 2.05) is 30.3 Å². The van der Waals surface area contributed by atoms with Crippen LogP contribution < -0.4 is 9.64 Å². The minimum Gasteiger partial charge on any atom is -0.471 e. The lowest BCUT2D eigenvalue weighted by Crippen LogP contribution is -2.37. The Morgan fingerprint density at radius 2 is 1.87 bits per heavy atom. The summed E-state index contributed by atoms with van der Waals surface area (Å²) in [4.78, 5) is 20.4. The number of rotatable bonds is 5. The minimum atomic E-state index is 0.373. The van der Waals surface area contributed by atoms with E-state index in [1.165, 1.54) is 6.20 Å². The van der Waals surface area contributed by atoms with Crippen LogP contribution in [-0.4, -0.2) is 50.8 Å². The topological polar surface area (TPSA) is 102 Å². The third-order valence-electron chi connectivity index (χ3n) is 4.99. The predicted octanol–water partition coefficient (Wildman–Crippen LogP) is 2.50. The van der Waals surface area contributed by atoms with Gasteiger partial charge in [0.2, 0.25) is 11.8 Å². The monoisotopic (exact) mass is 413 g/mol. The molecule has 3 aromatic heterocycles. The van der Waals surface area contributed by atoms with E-state index in [0.717, 1.165) is 5.56 Å². The standard InChI is InChI=1S/C22H19N7O2/c23-12-17-6-7-18(24-13-17)29-15-25-19-20(29)26-22(28-8-10-30-11-9-28)27-21(19)31-14-16-4-2-1-3-5-16/h1-7,13,15H,8-11,14H2. The number of hydrogen-bond acceptors (Lipinski definition) is 8. The maximum Gasteiger partial charge on any atom is 0.247 e. The van der Waals surface area contributed by atoms with Gasteiger partial charge in [-0.05, 0) is 17.7 Å². The number of imidazole rings is 1. The summed E-state index contributed by atoms with van der Waals surface area (Å²) in [6.07, 6.45) is 3.17. The maximum absolute atomic E-state index is 9.04. The van der Waals surface area contributed by atoms with Gasteiger partial charge >= 0.3 is 0 Å². The Balaban J connectivity index is 1.57. The van der Waals surface area contributed by atoms with Gasteiger partial charge in [-0.2, -0.15) is 15.2 Å². The number of nitrogens with zero attached hydrogens (tertiary/aromatic N) is 7. The molecule has 0 N–H and O–H groups in total. The van der Waals surface area contributed by atoms with Crippen LogP contribution in [-0.2, 0) is 11.3 Å². The van der Waals surface area contributed by atoms with Crippen LogP contribution in [0.15, 0.2) is 55.0 Å². The van der Waals surface area contributed by atoms with Gasteiger partial charge in [0.05, 0.1) is 18.8 Å². The molecule has 1 aliphatic heterocycles. The number of pyridine rings is 1. The van der Waals surface area contributed by atoms with Crippen LogP contribution in [0, 0.1) is 11.3 Å². The molecule has 1 aliphatic rings. The molecule has 4 aromatic rings. The molecule has 31 heavy (non-hydrogen) atoms. The molecule has 9 nitrogen and oxygen atoms in total. The number of aromatic nitrogens is 5. The van der Waals surface area contributed by atoms with E-state index in [4.69, 9.17) is 19.7 Å². The SMILES string of the molecule is N#Cc1ccc(-n2cnc3c(OCc4ccccc4)nc(N4CCOCC4)nc32)nc1. The first-order chi connectivity index (χ1) is 15.3. The van der Waals surface area contributed by atoms with Crippen molar-refractivity contribution in [2.45, 2.75) is 6.61 Å². The Bertz CT molecular complexity index is 1230. The smallest absolute Gasteiger partial charge is 0.247 e. The second-order valence-corrected chi connectivity index (χ2v) is 7.01. The summed E-state index contributed by atoms with van der Waals surface area (Å²) < 4.78 is 13.3. The molecular formula is C22H19N7O2. The number of morpholine rings is 1. The van der Waals surface area contributed by atoms with Crippen molar-refractivity contribution in [3.63, 3.8) is 0 Å². The number of anilines is 1. The average Bonchev–Trinajstić information content (AvgIpc) is 3.28. The van der Waals surface area contributed by atoms with Gasteiger partial charge in [-0.15, -0.1) is 0 Å². The lowest BCUT2D eigenvalue weighted by molar-refractivity contribution is 0.122. The normalized spacial score (nSPS) is 13.8. The Morgan fingerprint density at radius 1 is 1.03 bits per heavy atom. The third-order valence-corrected chi connectivity index (χ3v) is 4.99. The first kappa shape index (κ1) is 19.0. The summed E-state index contributed by atoms with van der Waals surface area (Å²) in [6.45, 7) is 3.02. The third kappa shape index (κ3) is 3.89. The van der Waals surface area contributed by atoms with Gasteiger partial charge in [0.1, 0.15) is 24.8 Å². The van der Waals surface area contributed by atoms with Gasteiger partial charge in [0, 0.05) is 19.3 Å². The molecule has 4 heterocycles. The zero-order chi connectivity index (χ0) is 21.0. The van der Waals surface area contributed by atoms with Gasteiger partial charge in [-0.1, -0.05) is 30.3 Å². The average molecular weight is 413 g/mol. The molecule has 0 atom stereocenters. The summed E-state index contributed by atoms with van der Waals surface area (Å²) in [5, 5.41) is 9.04. The molecule has 1 saturated heterocycles. The van der Waals surface area contributed by atoms with Crippen molar-refractivity contribution in [3.05, 3.63) is 66.1 Å². The van der Waals surface area contributed by atoms with Crippen molar-refractivity contribution in [1.82, 2.24) is 24.5 Å². The van der Waals surface area contributed by atoms with Gasteiger partial charge < -0.3 is 14.4 Å². The van der Waals surface area contributed by atoms with Gasteiger partial charge in [0.25, 0.3) is 0 Å². The summed E-state index contributed by atoms with van der Waals surface area (Å²) >= 11 is 0. The highest BCUT2D eigenvalue weighted by Gasteiger charge is 2.21. The molecule has 1 aromatic carbocycles. The van der Waals surface area contributed by atoms with Crippen LogP contribution in [0.2, 0.25) is 0 Å². The summed E-state index contributed by atoms with van der Waals surface area (Å²) in [5.74, 6) is 1.60. The summed E-state index contributed by atoms with van der Waals surface area (Å²) in [7, 11) is 0. The van der Waals surface area contributed by atoms with Crippen LogP contribution in [0.25, 0.3) is 17.0 Å². The molecule has 0 bridgehead atoms. The van der Waals surface area contributed by atoms with Gasteiger partial charge in [0.15, 0.2) is 11.2 Å². The molecule has 1 fully saturated rings. The number of hydrogen-bond donors (Lipinski definition) is 0. The zero-order valence-corrected chi connectivity index (χ0v) is 16.7. The molecular weight excluding hydrogens is 394 g/mol. The first-order valence-electron chi connectivity index (χ1n) is 9.93. The van der Waals surface area contributed by atoms with Crippen LogP contribution in [0.3, 0.4) is 0 Å². The molecule has 0 amide bonds. The van der Waals surface area contributed by atoms with E-state index < -0.39 is 0 Å². The van der Waals surface area contributed by atoms with E-state index in [0.29, 0.717) is 67.3 Å². The second-order valence-electron chi connectivity index (χ2n) is 7.01. The molecule has 9 heteroatoms. The Kier molecular flexibility index (Phi) is 5.12. The Hall–Kier alpha value is -4.03. The predicted molar refractivity (Wildman–Crippen MR) is 113 cm³/mol. The summed E-state index contributed by atoms with van der Waals surface area (Å²) in [5.41, 5.74) is 2.68. The van der Waals surface area contributed by atoms with Gasteiger partial charge in [-0.3, -0.25) is 4.57 Å².